The maximum atomic E-state index is 6.12. The van der Waals surface area contributed by atoms with Crippen molar-refractivity contribution in [1.29, 1.82) is 0 Å². The second kappa shape index (κ2) is 3.54. The molecule has 1 atom stereocenters. The summed E-state index contributed by atoms with van der Waals surface area (Å²) in [5.41, 5.74) is 8.28. The number of rotatable bonds is 3. The third-order valence-corrected chi connectivity index (χ3v) is 3.93. The molecule has 2 aromatic heterocycles. The summed E-state index contributed by atoms with van der Waals surface area (Å²) in [5, 5.41) is 2.06. The summed E-state index contributed by atoms with van der Waals surface area (Å²) in [7, 11) is 0. The predicted octanol–water partition coefficient (Wildman–Crippen LogP) is 1.97. The Hall–Kier alpha value is -1.000. The third kappa shape index (κ3) is 1.75. The minimum absolute atomic E-state index is 0.283. The average Bonchev–Trinajstić information content (AvgIpc) is 2.97. The van der Waals surface area contributed by atoms with Crippen molar-refractivity contribution in [2.45, 2.75) is 25.3 Å². The van der Waals surface area contributed by atoms with Crippen molar-refractivity contribution in [2.24, 2.45) is 11.7 Å². The Morgan fingerprint density at radius 2 is 2.33 bits per heavy atom. The van der Waals surface area contributed by atoms with Crippen LogP contribution in [0.5, 0.6) is 0 Å². The molecule has 0 spiro atoms. The zero-order valence-corrected chi connectivity index (χ0v) is 9.20. The largest absolute Gasteiger partial charge is 0.327 e. The molecule has 4 heteroatoms. The quantitative estimate of drug-likeness (QED) is 0.858. The molecule has 1 saturated carbocycles. The number of nitrogens with two attached hydrogens (primary N) is 1. The lowest BCUT2D eigenvalue weighted by Gasteiger charge is -2.09. The number of thiophene rings is 1. The highest BCUT2D eigenvalue weighted by Crippen LogP contribution is 2.33. The highest BCUT2D eigenvalue weighted by molar-refractivity contribution is 7.17. The summed E-state index contributed by atoms with van der Waals surface area (Å²) in [5.74, 6) is 0.731. The maximum Gasteiger partial charge on any atom is 0.116 e. The molecule has 1 aliphatic rings. The van der Waals surface area contributed by atoms with Gasteiger partial charge in [0.15, 0.2) is 0 Å². The fourth-order valence-corrected chi connectivity index (χ4v) is 2.75. The van der Waals surface area contributed by atoms with Gasteiger partial charge in [-0.25, -0.2) is 9.97 Å². The topological polar surface area (TPSA) is 51.8 Å². The van der Waals surface area contributed by atoms with Gasteiger partial charge in [-0.1, -0.05) is 0 Å². The Morgan fingerprint density at radius 1 is 1.47 bits per heavy atom. The summed E-state index contributed by atoms with van der Waals surface area (Å²) in [6.07, 6.45) is 5.12. The van der Waals surface area contributed by atoms with Gasteiger partial charge in [0, 0.05) is 12.5 Å². The number of hydrogen-bond donors (Lipinski definition) is 1. The van der Waals surface area contributed by atoms with E-state index >= 15 is 0 Å². The average molecular weight is 219 g/mol. The van der Waals surface area contributed by atoms with Crippen molar-refractivity contribution in [3.8, 4) is 0 Å². The monoisotopic (exact) mass is 219 g/mol. The van der Waals surface area contributed by atoms with Crippen LogP contribution >= 0.6 is 11.3 Å². The van der Waals surface area contributed by atoms with Gasteiger partial charge in [-0.2, -0.15) is 0 Å². The molecule has 0 aliphatic heterocycles. The second-order valence-electron chi connectivity index (χ2n) is 4.16. The number of aromatic nitrogens is 2. The fraction of sp³-hybridized carbons (Fsp3) is 0.455. The van der Waals surface area contributed by atoms with E-state index in [1.54, 1.807) is 17.7 Å². The normalized spacial score (nSPS) is 18.2. The van der Waals surface area contributed by atoms with Crippen LogP contribution in [0.2, 0.25) is 0 Å². The third-order valence-electron chi connectivity index (χ3n) is 2.97. The van der Waals surface area contributed by atoms with Crippen LogP contribution in [0, 0.1) is 5.92 Å². The lowest BCUT2D eigenvalue weighted by molar-refractivity contribution is 0.586. The van der Waals surface area contributed by atoms with Crippen molar-refractivity contribution in [2.75, 3.05) is 0 Å². The highest BCUT2D eigenvalue weighted by atomic mass is 32.1. The van der Waals surface area contributed by atoms with E-state index in [-0.39, 0.29) is 6.04 Å². The molecule has 1 unspecified atom stereocenters. The first-order valence-corrected chi connectivity index (χ1v) is 6.15. The lowest BCUT2D eigenvalue weighted by atomic mass is 10.1. The molecule has 2 aromatic rings. The molecular formula is C11H13N3S. The van der Waals surface area contributed by atoms with E-state index in [0.29, 0.717) is 0 Å². The zero-order chi connectivity index (χ0) is 10.3. The fourth-order valence-electron chi connectivity index (χ4n) is 1.90. The summed E-state index contributed by atoms with van der Waals surface area (Å²) in [6.45, 7) is 0. The minimum Gasteiger partial charge on any atom is -0.327 e. The summed E-state index contributed by atoms with van der Waals surface area (Å²) in [4.78, 5) is 8.58. The van der Waals surface area contributed by atoms with Crippen LogP contribution in [-0.4, -0.2) is 16.0 Å². The molecular weight excluding hydrogens is 206 g/mol. The van der Waals surface area contributed by atoms with Gasteiger partial charge in [-0.05, 0) is 30.2 Å². The van der Waals surface area contributed by atoms with Gasteiger partial charge in [0.05, 0.1) is 15.9 Å². The van der Waals surface area contributed by atoms with Crippen LogP contribution in [-0.2, 0) is 6.42 Å². The van der Waals surface area contributed by atoms with Crippen LogP contribution in [0.1, 0.15) is 18.5 Å². The van der Waals surface area contributed by atoms with Crippen LogP contribution in [0.4, 0.5) is 0 Å². The molecule has 3 rings (SSSR count). The first-order valence-electron chi connectivity index (χ1n) is 5.27. The molecule has 0 radical (unpaired) electrons. The van der Waals surface area contributed by atoms with Gasteiger partial charge in [0.25, 0.3) is 0 Å². The molecule has 0 aromatic carbocycles. The van der Waals surface area contributed by atoms with Crippen molar-refractivity contribution < 1.29 is 0 Å². The van der Waals surface area contributed by atoms with E-state index in [0.717, 1.165) is 23.5 Å². The summed E-state index contributed by atoms with van der Waals surface area (Å²) >= 11 is 1.71. The van der Waals surface area contributed by atoms with Crippen LogP contribution in [0.15, 0.2) is 17.8 Å². The molecule has 3 nitrogen and oxygen atoms in total. The maximum absolute atomic E-state index is 6.12. The molecule has 1 fully saturated rings. The Labute approximate surface area is 92.4 Å². The van der Waals surface area contributed by atoms with Crippen LogP contribution in [0.3, 0.4) is 0 Å². The van der Waals surface area contributed by atoms with E-state index in [4.69, 9.17) is 5.73 Å². The first kappa shape index (κ1) is 9.24. The van der Waals surface area contributed by atoms with Gasteiger partial charge in [0.1, 0.15) is 6.33 Å². The van der Waals surface area contributed by atoms with Gasteiger partial charge < -0.3 is 5.73 Å². The van der Waals surface area contributed by atoms with E-state index in [1.165, 1.54) is 17.5 Å². The molecule has 2 heterocycles. The lowest BCUT2D eigenvalue weighted by Crippen LogP contribution is -2.25. The van der Waals surface area contributed by atoms with Crippen molar-refractivity contribution in [3.63, 3.8) is 0 Å². The number of nitrogens with zero attached hydrogens (tertiary/aromatic N) is 2. The van der Waals surface area contributed by atoms with Crippen molar-refractivity contribution >= 4 is 21.6 Å². The minimum atomic E-state index is 0.283. The smallest absolute Gasteiger partial charge is 0.116 e. The Morgan fingerprint density at radius 3 is 3.13 bits per heavy atom. The van der Waals surface area contributed by atoms with Crippen LogP contribution < -0.4 is 5.73 Å². The van der Waals surface area contributed by atoms with E-state index in [2.05, 4.69) is 15.3 Å². The molecule has 15 heavy (non-hydrogen) atoms. The van der Waals surface area contributed by atoms with Crippen molar-refractivity contribution in [3.05, 3.63) is 23.5 Å². The summed E-state index contributed by atoms with van der Waals surface area (Å²) < 4.78 is 1.20. The molecule has 0 bridgehead atoms. The van der Waals surface area contributed by atoms with Crippen LogP contribution in [0.25, 0.3) is 10.2 Å². The summed E-state index contributed by atoms with van der Waals surface area (Å²) in [6, 6.07) is 2.32. The molecule has 2 N–H and O–H groups in total. The van der Waals surface area contributed by atoms with Gasteiger partial charge in [-0.15, -0.1) is 11.3 Å². The number of fused-ring (bicyclic) bond motifs is 1. The second-order valence-corrected chi connectivity index (χ2v) is 5.08. The molecule has 0 amide bonds. The van der Waals surface area contributed by atoms with E-state index < -0.39 is 0 Å². The standard InChI is InChI=1S/C11H13N3S/c12-8(7-1-2-7)5-10-11-9(3-4-15-11)13-6-14-10/h3-4,6-8H,1-2,5,12H2. The highest BCUT2D eigenvalue weighted by Gasteiger charge is 2.29. The van der Waals surface area contributed by atoms with E-state index in [1.807, 2.05) is 6.07 Å². The van der Waals surface area contributed by atoms with Gasteiger partial charge in [0.2, 0.25) is 0 Å². The van der Waals surface area contributed by atoms with Gasteiger partial charge >= 0.3 is 0 Å². The van der Waals surface area contributed by atoms with E-state index in [9.17, 15) is 0 Å². The predicted molar refractivity (Wildman–Crippen MR) is 61.8 cm³/mol. The first-order chi connectivity index (χ1) is 7.34. The molecule has 0 saturated heterocycles. The molecule has 1 aliphatic carbocycles. The van der Waals surface area contributed by atoms with Gasteiger partial charge in [-0.3, -0.25) is 0 Å². The number of hydrogen-bond acceptors (Lipinski definition) is 4. The zero-order valence-electron chi connectivity index (χ0n) is 8.39. The van der Waals surface area contributed by atoms with Crippen molar-refractivity contribution in [1.82, 2.24) is 9.97 Å². The Kier molecular flexibility index (Phi) is 2.18. The Bertz CT molecular complexity index is 475. The molecule has 78 valence electrons. The SMILES string of the molecule is NC(Cc1ncnc2ccsc12)C1CC1. The Balaban J connectivity index is 1.92.